The molecule has 1 saturated carbocycles. The van der Waals surface area contributed by atoms with Gasteiger partial charge in [0.1, 0.15) is 0 Å². The van der Waals surface area contributed by atoms with Crippen LogP contribution in [0.5, 0.6) is 0 Å². The van der Waals surface area contributed by atoms with Gasteiger partial charge in [0.2, 0.25) is 0 Å². The van der Waals surface area contributed by atoms with Crippen LogP contribution in [0.2, 0.25) is 0 Å². The Labute approximate surface area is 51.8 Å². The summed E-state index contributed by atoms with van der Waals surface area (Å²) in [5.74, 6) is -1.10. The van der Waals surface area contributed by atoms with Gasteiger partial charge in [0.15, 0.2) is 5.71 Å². The molecule has 0 amide bonds. The lowest BCUT2D eigenvalue weighted by atomic mass is 10.2. The maximum Gasteiger partial charge on any atom is 0.353 e. The Hall–Kier alpha value is -1.06. The summed E-state index contributed by atoms with van der Waals surface area (Å²) in [5, 5.41) is 19.1. The van der Waals surface area contributed by atoms with Gasteiger partial charge in [0, 0.05) is 5.92 Å². The van der Waals surface area contributed by atoms with Crippen LogP contribution in [-0.2, 0) is 4.79 Å². The second kappa shape index (κ2) is 2.05. The molecule has 0 unspecified atom stereocenters. The van der Waals surface area contributed by atoms with Gasteiger partial charge in [-0.3, -0.25) is 0 Å². The van der Waals surface area contributed by atoms with Crippen molar-refractivity contribution < 1.29 is 15.1 Å². The first-order valence-corrected chi connectivity index (χ1v) is 2.71. The zero-order chi connectivity index (χ0) is 6.85. The van der Waals surface area contributed by atoms with Gasteiger partial charge in [0.05, 0.1) is 0 Å². The average Bonchev–Trinajstić information content (AvgIpc) is 2.50. The van der Waals surface area contributed by atoms with E-state index in [1.807, 2.05) is 0 Å². The molecule has 1 aliphatic rings. The molecular weight excluding hydrogens is 122 g/mol. The summed E-state index contributed by atoms with van der Waals surface area (Å²) in [6.07, 6.45) is 1.68. The van der Waals surface area contributed by atoms with Crippen LogP contribution in [-0.4, -0.2) is 22.0 Å². The standard InChI is InChI=1S/C5H7NO3/c7-5(8)4(6-9)3-1-2-3/h3,9H,1-2H2,(H,7,8)/b6-4+. The third-order valence-electron chi connectivity index (χ3n) is 1.29. The van der Waals surface area contributed by atoms with Crippen LogP contribution >= 0.6 is 0 Å². The first-order valence-electron chi connectivity index (χ1n) is 2.71. The first-order chi connectivity index (χ1) is 4.25. The molecule has 1 fully saturated rings. The van der Waals surface area contributed by atoms with E-state index in [4.69, 9.17) is 10.3 Å². The van der Waals surface area contributed by atoms with Crippen LogP contribution in [0.3, 0.4) is 0 Å². The highest BCUT2D eigenvalue weighted by molar-refractivity contribution is 6.36. The van der Waals surface area contributed by atoms with E-state index < -0.39 is 5.97 Å². The van der Waals surface area contributed by atoms with Crippen molar-refractivity contribution in [1.82, 2.24) is 0 Å². The van der Waals surface area contributed by atoms with E-state index in [9.17, 15) is 4.79 Å². The minimum absolute atomic E-state index is 0.00694. The molecule has 0 spiro atoms. The van der Waals surface area contributed by atoms with Gasteiger partial charge in [-0.2, -0.15) is 0 Å². The summed E-state index contributed by atoms with van der Waals surface area (Å²) in [6.45, 7) is 0. The minimum atomic E-state index is -1.11. The first kappa shape index (κ1) is 6.07. The lowest BCUT2D eigenvalue weighted by Gasteiger charge is -1.90. The third-order valence-corrected chi connectivity index (χ3v) is 1.29. The summed E-state index contributed by atoms with van der Waals surface area (Å²) in [6, 6.07) is 0. The fourth-order valence-electron chi connectivity index (χ4n) is 0.656. The summed E-state index contributed by atoms with van der Waals surface area (Å²) >= 11 is 0. The van der Waals surface area contributed by atoms with Crippen molar-refractivity contribution in [2.24, 2.45) is 11.1 Å². The number of carbonyl (C=O) groups is 1. The lowest BCUT2D eigenvalue weighted by Crippen LogP contribution is -2.14. The van der Waals surface area contributed by atoms with Crippen LogP contribution in [0.1, 0.15) is 12.8 Å². The van der Waals surface area contributed by atoms with Gasteiger partial charge in [-0.15, -0.1) is 0 Å². The summed E-state index contributed by atoms with van der Waals surface area (Å²) < 4.78 is 0. The molecular formula is C5H7NO3. The molecule has 0 heterocycles. The van der Waals surface area contributed by atoms with Crippen molar-refractivity contribution in [3.63, 3.8) is 0 Å². The lowest BCUT2D eigenvalue weighted by molar-refractivity contribution is -0.129. The number of nitrogens with zero attached hydrogens (tertiary/aromatic N) is 1. The number of hydrogen-bond acceptors (Lipinski definition) is 3. The molecule has 50 valence electrons. The van der Waals surface area contributed by atoms with Crippen LogP contribution < -0.4 is 0 Å². The molecule has 1 rings (SSSR count). The Morgan fingerprint density at radius 2 is 2.11 bits per heavy atom. The van der Waals surface area contributed by atoms with Crippen LogP contribution in [0.4, 0.5) is 0 Å². The van der Waals surface area contributed by atoms with Crippen molar-refractivity contribution in [3.05, 3.63) is 0 Å². The summed E-state index contributed by atoms with van der Waals surface area (Å²) in [4.78, 5) is 10.1. The monoisotopic (exact) mass is 129 g/mol. The number of oxime groups is 1. The van der Waals surface area contributed by atoms with E-state index in [0.717, 1.165) is 12.8 Å². The minimum Gasteiger partial charge on any atom is -0.477 e. The van der Waals surface area contributed by atoms with E-state index in [1.54, 1.807) is 0 Å². The number of rotatable bonds is 2. The molecule has 4 heteroatoms. The number of hydrogen-bond donors (Lipinski definition) is 2. The molecule has 0 bridgehead atoms. The highest BCUT2D eigenvalue weighted by atomic mass is 16.4. The number of aliphatic carboxylic acids is 1. The zero-order valence-electron chi connectivity index (χ0n) is 4.74. The third kappa shape index (κ3) is 1.19. The number of carboxylic acids is 1. The predicted octanol–water partition coefficient (Wildman–Crippen LogP) is 0.311. The van der Waals surface area contributed by atoms with Crippen LogP contribution in [0, 0.1) is 5.92 Å². The van der Waals surface area contributed by atoms with Gasteiger partial charge in [-0.25, -0.2) is 4.79 Å². The SMILES string of the molecule is O=C(O)/C(=N/O)C1CC1. The zero-order valence-corrected chi connectivity index (χ0v) is 4.74. The molecule has 0 radical (unpaired) electrons. The Balaban J connectivity index is 2.59. The van der Waals surface area contributed by atoms with Crippen molar-refractivity contribution in [2.75, 3.05) is 0 Å². The Morgan fingerprint density at radius 1 is 1.56 bits per heavy atom. The van der Waals surface area contributed by atoms with E-state index in [2.05, 4.69) is 5.16 Å². The topological polar surface area (TPSA) is 69.9 Å². The molecule has 9 heavy (non-hydrogen) atoms. The number of carboxylic acid groups (broad SMARTS) is 1. The summed E-state index contributed by atoms with van der Waals surface area (Å²) in [7, 11) is 0. The largest absolute Gasteiger partial charge is 0.477 e. The van der Waals surface area contributed by atoms with E-state index in [1.165, 1.54) is 0 Å². The van der Waals surface area contributed by atoms with Gasteiger partial charge in [-0.1, -0.05) is 5.16 Å². The Bertz CT molecular complexity index is 160. The van der Waals surface area contributed by atoms with Gasteiger partial charge < -0.3 is 10.3 Å². The molecule has 0 aliphatic heterocycles. The second-order valence-corrected chi connectivity index (χ2v) is 2.06. The van der Waals surface area contributed by atoms with Crippen molar-refractivity contribution in [2.45, 2.75) is 12.8 Å². The van der Waals surface area contributed by atoms with E-state index in [0.29, 0.717) is 0 Å². The van der Waals surface area contributed by atoms with Gasteiger partial charge in [-0.05, 0) is 12.8 Å². The van der Waals surface area contributed by atoms with E-state index >= 15 is 0 Å². The highest BCUT2D eigenvalue weighted by Crippen LogP contribution is 2.30. The molecule has 0 aromatic heterocycles. The Kier molecular flexibility index (Phi) is 1.38. The van der Waals surface area contributed by atoms with Gasteiger partial charge in [0.25, 0.3) is 0 Å². The van der Waals surface area contributed by atoms with Crippen molar-refractivity contribution >= 4 is 11.7 Å². The molecule has 0 saturated heterocycles. The van der Waals surface area contributed by atoms with Gasteiger partial charge >= 0.3 is 5.97 Å². The predicted molar refractivity (Wildman–Crippen MR) is 29.6 cm³/mol. The van der Waals surface area contributed by atoms with E-state index in [-0.39, 0.29) is 11.6 Å². The highest BCUT2D eigenvalue weighted by Gasteiger charge is 2.32. The maximum atomic E-state index is 10.1. The fraction of sp³-hybridized carbons (Fsp3) is 0.600. The molecule has 0 aromatic rings. The Morgan fingerprint density at radius 3 is 2.22 bits per heavy atom. The fourth-order valence-corrected chi connectivity index (χ4v) is 0.656. The normalized spacial score (nSPS) is 19.8. The molecule has 2 N–H and O–H groups in total. The van der Waals surface area contributed by atoms with Crippen molar-refractivity contribution in [1.29, 1.82) is 0 Å². The van der Waals surface area contributed by atoms with Crippen LogP contribution in [0.15, 0.2) is 5.16 Å². The molecule has 0 aromatic carbocycles. The maximum absolute atomic E-state index is 10.1. The molecule has 1 aliphatic carbocycles. The average molecular weight is 129 g/mol. The molecule has 0 atom stereocenters. The quantitative estimate of drug-likeness (QED) is 0.320. The molecule has 4 nitrogen and oxygen atoms in total. The smallest absolute Gasteiger partial charge is 0.353 e. The van der Waals surface area contributed by atoms with Crippen molar-refractivity contribution in [3.8, 4) is 0 Å². The summed E-state index contributed by atoms with van der Waals surface area (Å²) in [5.41, 5.74) is -0.102. The van der Waals surface area contributed by atoms with Crippen LogP contribution in [0.25, 0.3) is 0 Å². The second-order valence-electron chi connectivity index (χ2n) is 2.06.